The van der Waals surface area contributed by atoms with Gasteiger partial charge in [-0.05, 0) is 12.1 Å². The largest absolute Gasteiger partial charge is 0.382 e. The Morgan fingerprint density at radius 1 is 1.12 bits per heavy atom. The Kier molecular flexibility index (Phi) is 4.96. The molecule has 1 aromatic rings. The average Bonchev–Trinajstić information content (AvgIpc) is 3.03. The second-order valence-electron chi connectivity index (χ2n) is 5.89. The maximum absolute atomic E-state index is 13.5. The third-order valence-corrected chi connectivity index (χ3v) is 4.38. The lowest BCUT2D eigenvalue weighted by Crippen LogP contribution is -2.47. The van der Waals surface area contributed by atoms with Crippen molar-refractivity contribution in [1.82, 2.24) is 4.90 Å². The van der Waals surface area contributed by atoms with Gasteiger partial charge in [0.05, 0.1) is 18.9 Å². The number of carbonyl (C=O) groups excluding carboxylic acids is 1. The molecule has 0 atom stereocenters. The number of hydrogen-bond acceptors (Lipinski definition) is 4. The normalized spacial score (nSPS) is 19.7. The molecule has 0 bridgehead atoms. The Morgan fingerprint density at radius 2 is 1.79 bits per heavy atom. The summed E-state index contributed by atoms with van der Waals surface area (Å²) in [5.41, 5.74) is -0.160. The minimum absolute atomic E-state index is 0.0849. The Hall–Kier alpha value is -1.80. The Morgan fingerprint density at radius 3 is 2.46 bits per heavy atom. The third-order valence-electron chi connectivity index (χ3n) is 4.38. The SMILES string of the molecule is O=C(CCNc1ccc(F)c(F)c1F)N1CCC2(CC1)OCCO2. The minimum Gasteiger partial charge on any atom is -0.382 e. The Labute approximate surface area is 137 Å². The molecule has 0 aliphatic carbocycles. The van der Waals surface area contributed by atoms with Gasteiger partial charge < -0.3 is 19.7 Å². The summed E-state index contributed by atoms with van der Waals surface area (Å²) in [6.07, 6.45) is 1.39. The van der Waals surface area contributed by atoms with Gasteiger partial charge in [-0.1, -0.05) is 0 Å². The van der Waals surface area contributed by atoms with Crippen LogP contribution in [0.5, 0.6) is 0 Å². The van der Waals surface area contributed by atoms with Gasteiger partial charge in [-0.15, -0.1) is 0 Å². The van der Waals surface area contributed by atoms with Gasteiger partial charge >= 0.3 is 0 Å². The maximum Gasteiger partial charge on any atom is 0.224 e. The molecule has 1 N–H and O–H groups in total. The van der Waals surface area contributed by atoms with E-state index >= 15 is 0 Å². The lowest BCUT2D eigenvalue weighted by molar-refractivity contribution is -0.187. The quantitative estimate of drug-likeness (QED) is 0.852. The molecule has 1 spiro atoms. The van der Waals surface area contributed by atoms with E-state index in [1.807, 2.05) is 0 Å². The van der Waals surface area contributed by atoms with E-state index in [1.165, 1.54) is 0 Å². The van der Waals surface area contributed by atoms with Crippen molar-refractivity contribution in [3.63, 3.8) is 0 Å². The van der Waals surface area contributed by atoms with Crippen LogP contribution in [0.25, 0.3) is 0 Å². The summed E-state index contributed by atoms with van der Waals surface area (Å²) in [4.78, 5) is 13.9. The number of rotatable bonds is 4. The number of amides is 1. The van der Waals surface area contributed by atoms with Gasteiger partial charge in [-0.2, -0.15) is 0 Å². The molecule has 5 nitrogen and oxygen atoms in total. The molecule has 24 heavy (non-hydrogen) atoms. The van der Waals surface area contributed by atoms with E-state index in [2.05, 4.69) is 5.32 Å². The summed E-state index contributed by atoms with van der Waals surface area (Å²) in [6, 6.07) is 1.95. The molecule has 1 amide bonds. The van der Waals surface area contributed by atoms with E-state index in [4.69, 9.17) is 9.47 Å². The molecule has 2 heterocycles. The number of hydrogen-bond donors (Lipinski definition) is 1. The van der Waals surface area contributed by atoms with Crippen LogP contribution in [0.15, 0.2) is 12.1 Å². The van der Waals surface area contributed by atoms with Crippen LogP contribution >= 0.6 is 0 Å². The first-order chi connectivity index (χ1) is 11.5. The standard InChI is InChI=1S/C16H19F3N2O3/c17-11-1-2-12(15(19)14(11)18)20-6-3-13(22)21-7-4-16(5-8-21)23-9-10-24-16/h1-2,20H,3-10H2. The van der Waals surface area contributed by atoms with Crippen LogP contribution < -0.4 is 5.32 Å². The molecule has 8 heteroatoms. The van der Waals surface area contributed by atoms with Crippen LogP contribution in [0.2, 0.25) is 0 Å². The van der Waals surface area contributed by atoms with E-state index in [1.54, 1.807) is 4.90 Å². The monoisotopic (exact) mass is 344 g/mol. The van der Waals surface area contributed by atoms with Gasteiger partial charge in [-0.3, -0.25) is 4.79 Å². The molecular weight excluding hydrogens is 325 g/mol. The Bertz CT molecular complexity index is 611. The molecule has 1 aromatic carbocycles. The molecule has 0 unspecified atom stereocenters. The predicted octanol–water partition coefficient (Wildman–Crippen LogP) is 2.27. The van der Waals surface area contributed by atoms with E-state index < -0.39 is 23.2 Å². The highest BCUT2D eigenvalue weighted by molar-refractivity contribution is 5.76. The molecule has 132 valence electrons. The molecule has 2 aliphatic rings. The fourth-order valence-electron chi connectivity index (χ4n) is 3.01. The van der Waals surface area contributed by atoms with Crippen molar-refractivity contribution < 1.29 is 27.4 Å². The van der Waals surface area contributed by atoms with Gasteiger partial charge in [0.2, 0.25) is 5.91 Å². The van der Waals surface area contributed by atoms with Crippen LogP contribution in [-0.4, -0.2) is 49.4 Å². The van der Waals surface area contributed by atoms with Crippen molar-refractivity contribution in [3.8, 4) is 0 Å². The van der Waals surface area contributed by atoms with E-state index in [-0.39, 0.29) is 24.6 Å². The number of likely N-dealkylation sites (tertiary alicyclic amines) is 1. The number of piperidine rings is 1. The molecular formula is C16H19F3N2O3. The molecule has 2 fully saturated rings. The number of halogens is 3. The van der Waals surface area contributed by atoms with Crippen LogP contribution in [0.3, 0.4) is 0 Å². The van der Waals surface area contributed by atoms with Crippen molar-refractivity contribution in [2.45, 2.75) is 25.0 Å². The van der Waals surface area contributed by atoms with Crippen molar-refractivity contribution in [1.29, 1.82) is 0 Å². The van der Waals surface area contributed by atoms with Crippen LogP contribution in [0.4, 0.5) is 18.9 Å². The zero-order valence-corrected chi connectivity index (χ0v) is 13.1. The van der Waals surface area contributed by atoms with Crippen molar-refractivity contribution in [3.05, 3.63) is 29.6 Å². The van der Waals surface area contributed by atoms with Crippen molar-refractivity contribution in [2.24, 2.45) is 0 Å². The zero-order chi connectivity index (χ0) is 17.2. The number of nitrogens with one attached hydrogen (secondary N) is 1. The summed E-state index contributed by atoms with van der Waals surface area (Å²) in [7, 11) is 0. The first-order valence-electron chi connectivity index (χ1n) is 7.94. The fourth-order valence-corrected chi connectivity index (χ4v) is 3.01. The summed E-state index contributed by atoms with van der Waals surface area (Å²) in [5, 5.41) is 2.62. The number of carbonyl (C=O) groups is 1. The molecule has 0 saturated carbocycles. The highest BCUT2D eigenvalue weighted by Crippen LogP contribution is 2.31. The summed E-state index contributed by atoms with van der Waals surface area (Å²) < 4.78 is 50.7. The molecule has 3 rings (SSSR count). The van der Waals surface area contributed by atoms with Crippen LogP contribution in [0.1, 0.15) is 19.3 Å². The second kappa shape index (κ2) is 6.98. The molecule has 0 aromatic heterocycles. The topological polar surface area (TPSA) is 50.8 Å². The van der Waals surface area contributed by atoms with Gasteiger partial charge in [0.1, 0.15) is 0 Å². The number of anilines is 1. The minimum atomic E-state index is -1.52. The smallest absolute Gasteiger partial charge is 0.224 e. The predicted molar refractivity (Wildman–Crippen MR) is 79.9 cm³/mol. The molecule has 2 saturated heterocycles. The highest BCUT2D eigenvalue weighted by Gasteiger charge is 2.40. The van der Waals surface area contributed by atoms with Gasteiger partial charge in [-0.25, -0.2) is 13.2 Å². The van der Waals surface area contributed by atoms with E-state index in [0.717, 1.165) is 12.1 Å². The number of benzene rings is 1. The molecule has 0 radical (unpaired) electrons. The fraction of sp³-hybridized carbons (Fsp3) is 0.562. The van der Waals surface area contributed by atoms with Crippen molar-refractivity contribution in [2.75, 3.05) is 38.2 Å². The van der Waals surface area contributed by atoms with E-state index in [9.17, 15) is 18.0 Å². The first-order valence-corrected chi connectivity index (χ1v) is 7.94. The first kappa shape index (κ1) is 17.0. The van der Waals surface area contributed by atoms with Gasteiger partial charge in [0.15, 0.2) is 23.2 Å². The van der Waals surface area contributed by atoms with Gasteiger partial charge in [0.25, 0.3) is 0 Å². The maximum atomic E-state index is 13.5. The molecule has 2 aliphatic heterocycles. The summed E-state index contributed by atoms with van der Waals surface area (Å²) in [6.45, 7) is 2.38. The number of nitrogens with zero attached hydrogens (tertiary/aromatic N) is 1. The average molecular weight is 344 g/mol. The van der Waals surface area contributed by atoms with Crippen LogP contribution in [0, 0.1) is 17.5 Å². The van der Waals surface area contributed by atoms with Gasteiger partial charge in [0, 0.05) is 38.9 Å². The zero-order valence-electron chi connectivity index (χ0n) is 13.1. The van der Waals surface area contributed by atoms with Crippen molar-refractivity contribution >= 4 is 11.6 Å². The van der Waals surface area contributed by atoms with Crippen LogP contribution in [-0.2, 0) is 14.3 Å². The summed E-state index contributed by atoms with van der Waals surface area (Å²) in [5.74, 6) is -4.67. The number of ether oxygens (including phenoxy) is 2. The summed E-state index contributed by atoms with van der Waals surface area (Å²) >= 11 is 0. The lowest BCUT2D eigenvalue weighted by Gasteiger charge is -2.37. The third kappa shape index (κ3) is 3.49. The van der Waals surface area contributed by atoms with E-state index in [0.29, 0.717) is 39.1 Å². The highest BCUT2D eigenvalue weighted by atomic mass is 19.2. The Balaban J connectivity index is 1.46. The second-order valence-corrected chi connectivity index (χ2v) is 5.89. The lowest BCUT2D eigenvalue weighted by atomic mass is 10.0.